The summed E-state index contributed by atoms with van der Waals surface area (Å²) in [4.78, 5) is 7.91. The van der Waals surface area contributed by atoms with Gasteiger partial charge in [0.1, 0.15) is 5.82 Å². The van der Waals surface area contributed by atoms with Crippen LogP contribution in [0.1, 0.15) is 25.7 Å². The van der Waals surface area contributed by atoms with Gasteiger partial charge in [-0.05, 0) is 18.4 Å². The Hall–Kier alpha value is -1.32. The van der Waals surface area contributed by atoms with Crippen molar-refractivity contribution in [2.75, 3.05) is 17.6 Å². The van der Waals surface area contributed by atoms with E-state index in [4.69, 9.17) is 5.73 Å². The van der Waals surface area contributed by atoms with Crippen molar-refractivity contribution in [1.29, 1.82) is 0 Å². The van der Waals surface area contributed by atoms with Crippen molar-refractivity contribution in [3.8, 4) is 0 Å². The van der Waals surface area contributed by atoms with Crippen LogP contribution in [-0.2, 0) is 0 Å². The highest BCUT2D eigenvalue weighted by Gasteiger charge is 2.16. The largest absolute Gasteiger partial charge is 0.370 e. The molecule has 1 aliphatic carbocycles. The number of hydrogen-bond acceptors (Lipinski definition) is 4. The van der Waals surface area contributed by atoms with E-state index in [0.29, 0.717) is 5.95 Å². The second-order valence-corrected chi connectivity index (χ2v) is 3.81. The Morgan fingerprint density at radius 1 is 1.50 bits per heavy atom. The summed E-state index contributed by atoms with van der Waals surface area (Å²) in [6.07, 6.45) is 7.12. The Balaban J connectivity index is 1.74. The van der Waals surface area contributed by atoms with Gasteiger partial charge < -0.3 is 11.1 Å². The second-order valence-electron chi connectivity index (χ2n) is 3.81. The first-order valence-electron chi connectivity index (χ1n) is 5.17. The predicted octanol–water partition coefficient (Wildman–Crippen LogP) is 1.66. The van der Waals surface area contributed by atoms with E-state index in [1.54, 1.807) is 6.20 Å². The van der Waals surface area contributed by atoms with E-state index in [0.717, 1.165) is 18.3 Å². The summed E-state index contributed by atoms with van der Waals surface area (Å²) in [6, 6.07) is 1.84. The normalized spacial score (nSPS) is 16.3. The van der Waals surface area contributed by atoms with E-state index in [1.807, 2.05) is 6.07 Å². The molecule has 4 nitrogen and oxygen atoms in total. The summed E-state index contributed by atoms with van der Waals surface area (Å²) in [5, 5.41) is 3.25. The SMILES string of the molecule is Nc1nccc(NCCC2CCC2)n1. The van der Waals surface area contributed by atoms with Crippen LogP contribution >= 0.6 is 0 Å². The van der Waals surface area contributed by atoms with Crippen LogP contribution in [0.4, 0.5) is 11.8 Å². The molecular formula is C10H16N4. The Labute approximate surface area is 83.9 Å². The number of nitrogen functional groups attached to an aromatic ring is 1. The van der Waals surface area contributed by atoms with Crippen LogP contribution in [0.25, 0.3) is 0 Å². The first-order valence-corrected chi connectivity index (χ1v) is 5.17. The number of anilines is 2. The molecule has 0 radical (unpaired) electrons. The van der Waals surface area contributed by atoms with Gasteiger partial charge in [0.15, 0.2) is 0 Å². The predicted molar refractivity (Wildman–Crippen MR) is 56.9 cm³/mol. The van der Waals surface area contributed by atoms with Crippen molar-refractivity contribution < 1.29 is 0 Å². The molecule has 0 amide bonds. The molecule has 0 unspecified atom stereocenters. The summed E-state index contributed by atoms with van der Waals surface area (Å²) in [5.41, 5.74) is 5.47. The molecule has 1 saturated carbocycles. The fraction of sp³-hybridized carbons (Fsp3) is 0.600. The highest BCUT2D eigenvalue weighted by Crippen LogP contribution is 2.28. The van der Waals surface area contributed by atoms with E-state index < -0.39 is 0 Å². The molecule has 1 aromatic rings. The Kier molecular flexibility index (Phi) is 2.81. The summed E-state index contributed by atoms with van der Waals surface area (Å²) in [5.74, 6) is 2.09. The molecule has 0 atom stereocenters. The molecular weight excluding hydrogens is 176 g/mol. The lowest BCUT2D eigenvalue weighted by Crippen LogP contribution is -2.16. The lowest BCUT2D eigenvalue weighted by molar-refractivity contribution is 0.303. The van der Waals surface area contributed by atoms with Crippen molar-refractivity contribution in [2.45, 2.75) is 25.7 Å². The third-order valence-corrected chi connectivity index (χ3v) is 2.76. The van der Waals surface area contributed by atoms with Crippen molar-refractivity contribution >= 4 is 11.8 Å². The maximum atomic E-state index is 5.47. The van der Waals surface area contributed by atoms with Crippen LogP contribution in [0.15, 0.2) is 12.3 Å². The van der Waals surface area contributed by atoms with Crippen LogP contribution in [-0.4, -0.2) is 16.5 Å². The molecule has 1 heterocycles. The molecule has 1 fully saturated rings. The minimum Gasteiger partial charge on any atom is -0.370 e. The van der Waals surface area contributed by atoms with Gasteiger partial charge >= 0.3 is 0 Å². The van der Waals surface area contributed by atoms with Gasteiger partial charge in [-0.15, -0.1) is 0 Å². The molecule has 76 valence electrons. The van der Waals surface area contributed by atoms with Crippen LogP contribution in [0.2, 0.25) is 0 Å². The standard InChI is InChI=1S/C10H16N4/c11-10-13-7-5-9(14-10)12-6-4-8-2-1-3-8/h5,7-8H,1-4,6H2,(H3,11,12,13,14). The molecule has 0 aromatic carbocycles. The lowest BCUT2D eigenvalue weighted by Gasteiger charge is -2.25. The lowest BCUT2D eigenvalue weighted by atomic mass is 9.83. The van der Waals surface area contributed by atoms with E-state index in [2.05, 4.69) is 15.3 Å². The van der Waals surface area contributed by atoms with Gasteiger partial charge in [-0.2, -0.15) is 4.98 Å². The second kappa shape index (κ2) is 4.26. The van der Waals surface area contributed by atoms with Crippen molar-refractivity contribution in [2.24, 2.45) is 5.92 Å². The maximum absolute atomic E-state index is 5.47. The van der Waals surface area contributed by atoms with Crippen molar-refractivity contribution in [1.82, 2.24) is 9.97 Å². The van der Waals surface area contributed by atoms with Crippen molar-refractivity contribution in [3.05, 3.63) is 12.3 Å². The Morgan fingerprint density at radius 3 is 3.00 bits per heavy atom. The summed E-state index contributed by atoms with van der Waals surface area (Å²) in [7, 11) is 0. The van der Waals surface area contributed by atoms with E-state index in [1.165, 1.54) is 25.7 Å². The van der Waals surface area contributed by atoms with Crippen LogP contribution in [0.5, 0.6) is 0 Å². The van der Waals surface area contributed by atoms with E-state index in [-0.39, 0.29) is 0 Å². The summed E-state index contributed by atoms with van der Waals surface area (Å²) in [6.45, 7) is 0.987. The molecule has 0 saturated heterocycles. The molecule has 0 bridgehead atoms. The smallest absolute Gasteiger partial charge is 0.221 e. The van der Waals surface area contributed by atoms with Crippen LogP contribution in [0, 0.1) is 5.92 Å². The van der Waals surface area contributed by atoms with Crippen LogP contribution < -0.4 is 11.1 Å². The maximum Gasteiger partial charge on any atom is 0.221 e. The first kappa shape index (κ1) is 9.24. The third kappa shape index (κ3) is 2.34. The third-order valence-electron chi connectivity index (χ3n) is 2.76. The zero-order valence-corrected chi connectivity index (χ0v) is 8.24. The van der Waals surface area contributed by atoms with Gasteiger partial charge in [-0.25, -0.2) is 4.98 Å². The molecule has 0 spiro atoms. The molecule has 0 aliphatic heterocycles. The number of nitrogens with two attached hydrogens (primary N) is 1. The van der Waals surface area contributed by atoms with Gasteiger partial charge in [0.25, 0.3) is 0 Å². The average Bonchev–Trinajstić information content (AvgIpc) is 2.09. The summed E-state index contributed by atoms with van der Waals surface area (Å²) < 4.78 is 0. The fourth-order valence-corrected chi connectivity index (χ4v) is 1.66. The van der Waals surface area contributed by atoms with E-state index >= 15 is 0 Å². The topological polar surface area (TPSA) is 63.8 Å². The molecule has 14 heavy (non-hydrogen) atoms. The quantitative estimate of drug-likeness (QED) is 0.761. The first-order chi connectivity index (χ1) is 6.84. The number of hydrogen-bond donors (Lipinski definition) is 2. The van der Waals surface area contributed by atoms with Gasteiger partial charge in [-0.1, -0.05) is 19.3 Å². The average molecular weight is 192 g/mol. The Morgan fingerprint density at radius 2 is 2.36 bits per heavy atom. The zero-order valence-electron chi connectivity index (χ0n) is 8.24. The van der Waals surface area contributed by atoms with E-state index in [9.17, 15) is 0 Å². The van der Waals surface area contributed by atoms with Crippen LogP contribution in [0.3, 0.4) is 0 Å². The number of rotatable bonds is 4. The Bertz CT molecular complexity index is 296. The molecule has 3 N–H and O–H groups in total. The minimum absolute atomic E-state index is 0.332. The van der Waals surface area contributed by atoms with Gasteiger partial charge in [-0.3, -0.25) is 0 Å². The molecule has 1 aliphatic rings. The van der Waals surface area contributed by atoms with Gasteiger partial charge in [0, 0.05) is 12.7 Å². The number of aromatic nitrogens is 2. The molecule has 2 rings (SSSR count). The molecule has 1 aromatic heterocycles. The summed E-state index contributed by atoms with van der Waals surface area (Å²) >= 11 is 0. The van der Waals surface area contributed by atoms with Crippen molar-refractivity contribution in [3.63, 3.8) is 0 Å². The fourth-order valence-electron chi connectivity index (χ4n) is 1.66. The number of nitrogens with one attached hydrogen (secondary N) is 1. The zero-order chi connectivity index (χ0) is 9.80. The minimum atomic E-state index is 0.332. The van der Waals surface area contributed by atoms with Gasteiger partial charge in [0.2, 0.25) is 5.95 Å². The highest BCUT2D eigenvalue weighted by atomic mass is 15.1. The molecule has 4 heteroatoms. The number of nitrogens with zero attached hydrogens (tertiary/aromatic N) is 2. The highest BCUT2D eigenvalue weighted by molar-refractivity contribution is 5.37. The van der Waals surface area contributed by atoms with Gasteiger partial charge in [0.05, 0.1) is 0 Å². The monoisotopic (exact) mass is 192 g/mol.